The van der Waals surface area contributed by atoms with Gasteiger partial charge >= 0.3 is 5.97 Å². The van der Waals surface area contributed by atoms with Crippen LogP contribution in [0.1, 0.15) is 58.8 Å². The van der Waals surface area contributed by atoms with Crippen molar-refractivity contribution in [2.45, 2.75) is 57.3 Å². The van der Waals surface area contributed by atoms with E-state index in [1.54, 1.807) is 6.07 Å². The Morgan fingerprint density at radius 1 is 1.24 bits per heavy atom. The van der Waals surface area contributed by atoms with E-state index < -0.39 is 11.8 Å². The molecule has 7 nitrogen and oxygen atoms in total. The fourth-order valence-electron chi connectivity index (χ4n) is 6.05. The van der Waals surface area contributed by atoms with Crippen molar-refractivity contribution in [1.29, 1.82) is 0 Å². The maximum absolute atomic E-state index is 14.7. The van der Waals surface area contributed by atoms with Crippen LogP contribution in [0.15, 0.2) is 40.9 Å². The summed E-state index contributed by atoms with van der Waals surface area (Å²) in [6.45, 7) is 3.42. The molecule has 2 bridgehead atoms. The van der Waals surface area contributed by atoms with Gasteiger partial charge in [0.05, 0.1) is 30.1 Å². The smallest absolute Gasteiger partial charge is 0.338 e. The maximum atomic E-state index is 14.7. The molecule has 2 saturated carbocycles. The number of piperidine rings is 1. The Morgan fingerprint density at radius 2 is 2.08 bits per heavy atom. The normalized spacial score (nSPS) is 22.5. The molecular formula is C29H28FN3O4S. The van der Waals surface area contributed by atoms with E-state index in [9.17, 15) is 9.18 Å². The van der Waals surface area contributed by atoms with E-state index in [1.807, 2.05) is 12.1 Å². The van der Waals surface area contributed by atoms with Crippen molar-refractivity contribution in [2.24, 2.45) is 5.92 Å². The first-order chi connectivity index (χ1) is 18.5. The van der Waals surface area contributed by atoms with Crippen LogP contribution in [-0.4, -0.2) is 41.9 Å². The molecule has 196 valence electrons. The quantitative estimate of drug-likeness (QED) is 0.260. The van der Waals surface area contributed by atoms with Crippen LogP contribution in [0.5, 0.6) is 0 Å². The summed E-state index contributed by atoms with van der Waals surface area (Å²) in [6, 6.07) is 11.4. The molecule has 0 N–H and O–H groups in total. The van der Waals surface area contributed by atoms with Gasteiger partial charge in [-0.1, -0.05) is 40.8 Å². The van der Waals surface area contributed by atoms with E-state index in [1.165, 1.54) is 30.1 Å². The minimum atomic E-state index is -0.552. The molecule has 7 rings (SSSR count). The number of esters is 1. The highest BCUT2D eigenvalue weighted by molar-refractivity contribution is 7.22. The standard InChI is InChI=1S/C29H28FN3O4S/c1-15-5-3-4-6-20(15)25-21(27(37-32-25)16-7-8-16)14-36-23-12-19-9-18(23)13-33(19)29-31-26-22(30)10-17(28(34)35-2)11-24(26)38-29/h3-6,10-11,16,18-19,23H,7-9,12-14H2,1-2H3/t18-,19-,23+/m0/s1. The van der Waals surface area contributed by atoms with Gasteiger partial charge in [0.25, 0.3) is 0 Å². The number of fused-ring (bicyclic) bond motifs is 3. The van der Waals surface area contributed by atoms with Gasteiger partial charge in [-0.25, -0.2) is 14.2 Å². The number of rotatable bonds is 7. The fraction of sp³-hybridized carbons (Fsp3) is 0.414. The Bertz CT molecular complexity index is 1540. The second kappa shape index (κ2) is 9.17. The van der Waals surface area contributed by atoms with Gasteiger partial charge in [0.15, 0.2) is 10.9 Å². The van der Waals surface area contributed by atoms with Gasteiger partial charge in [0.2, 0.25) is 0 Å². The minimum absolute atomic E-state index is 0.153. The van der Waals surface area contributed by atoms with Crippen molar-refractivity contribution in [3.63, 3.8) is 0 Å². The van der Waals surface area contributed by atoms with Gasteiger partial charge in [0, 0.05) is 35.5 Å². The van der Waals surface area contributed by atoms with E-state index in [-0.39, 0.29) is 11.7 Å². The molecule has 2 aromatic carbocycles. The Kier molecular flexibility index (Phi) is 5.74. The summed E-state index contributed by atoms with van der Waals surface area (Å²) < 4.78 is 32.5. The number of carbonyl (C=O) groups is 1. The van der Waals surface area contributed by atoms with Gasteiger partial charge in [-0.2, -0.15) is 0 Å². The summed E-state index contributed by atoms with van der Waals surface area (Å²) in [7, 11) is 1.29. The van der Waals surface area contributed by atoms with E-state index in [0.717, 1.165) is 59.9 Å². The molecule has 3 aliphatic rings. The molecule has 0 amide bonds. The van der Waals surface area contributed by atoms with Crippen LogP contribution < -0.4 is 4.90 Å². The molecule has 1 aliphatic heterocycles. The first kappa shape index (κ1) is 23.8. The predicted molar refractivity (Wildman–Crippen MR) is 142 cm³/mol. The summed E-state index contributed by atoms with van der Waals surface area (Å²) in [4.78, 5) is 18.8. The van der Waals surface area contributed by atoms with Crippen LogP contribution in [0.3, 0.4) is 0 Å². The molecule has 0 spiro atoms. The van der Waals surface area contributed by atoms with Gasteiger partial charge in [0.1, 0.15) is 17.0 Å². The van der Waals surface area contributed by atoms with Crippen LogP contribution in [0, 0.1) is 18.7 Å². The third kappa shape index (κ3) is 3.99. The molecule has 0 radical (unpaired) electrons. The second-order valence-electron chi connectivity index (χ2n) is 10.6. The average Bonchev–Trinajstić information content (AvgIpc) is 3.25. The molecule has 9 heteroatoms. The number of aryl methyl sites for hydroxylation is 1. The SMILES string of the molecule is COC(=O)c1cc(F)c2nc(N3C[C@@H]4C[C@H]3C[C@H]4OCc3c(-c4ccccc4C)noc3C3CC3)sc2c1. The molecule has 3 atom stereocenters. The zero-order valence-corrected chi connectivity index (χ0v) is 22.1. The number of methoxy groups -OCH3 is 1. The van der Waals surface area contributed by atoms with Crippen LogP contribution in [-0.2, 0) is 16.1 Å². The molecule has 3 heterocycles. The lowest BCUT2D eigenvalue weighted by atomic mass is 10.0. The van der Waals surface area contributed by atoms with Crippen molar-refractivity contribution >= 4 is 32.7 Å². The maximum Gasteiger partial charge on any atom is 0.338 e. The molecule has 38 heavy (non-hydrogen) atoms. The number of benzene rings is 2. The van der Waals surface area contributed by atoms with E-state index in [2.05, 4.69) is 34.1 Å². The number of hydrogen-bond acceptors (Lipinski definition) is 8. The van der Waals surface area contributed by atoms with Crippen molar-refractivity contribution < 1.29 is 23.2 Å². The van der Waals surface area contributed by atoms with E-state index >= 15 is 0 Å². The summed E-state index contributed by atoms with van der Waals surface area (Å²) in [5.74, 6) is 0.767. The molecule has 3 fully saturated rings. The molecule has 4 aromatic rings. The Hall–Kier alpha value is -3.30. The first-order valence-corrected chi connectivity index (χ1v) is 13.9. The summed E-state index contributed by atoms with van der Waals surface area (Å²) in [5, 5.41) is 5.27. The van der Waals surface area contributed by atoms with Gasteiger partial charge < -0.3 is 18.9 Å². The van der Waals surface area contributed by atoms with Crippen LogP contribution in [0.2, 0.25) is 0 Å². The average molecular weight is 534 g/mol. The Morgan fingerprint density at radius 3 is 2.82 bits per heavy atom. The zero-order valence-electron chi connectivity index (χ0n) is 21.3. The largest absolute Gasteiger partial charge is 0.465 e. The summed E-state index contributed by atoms with van der Waals surface area (Å²) in [5.41, 5.74) is 4.76. The Labute approximate surface area is 223 Å². The van der Waals surface area contributed by atoms with Crippen LogP contribution >= 0.6 is 11.3 Å². The van der Waals surface area contributed by atoms with Gasteiger partial charge in [-0.3, -0.25) is 0 Å². The molecular weight excluding hydrogens is 505 g/mol. The lowest BCUT2D eigenvalue weighted by Gasteiger charge is -2.31. The number of ether oxygens (including phenoxy) is 2. The first-order valence-electron chi connectivity index (χ1n) is 13.1. The number of halogens is 1. The number of nitrogens with zero attached hydrogens (tertiary/aromatic N) is 3. The molecule has 0 unspecified atom stereocenters. The highest BCUT2D eigenvalue weighted by atomic mass is 32.1. The fourth-order valence-corrected chi connectivity index (χ4v) is 7.15. The number of carbonyl (C=O) groups excluding carboxylic acids is 1. The third-order valence-corrected chi connectivity index (χ3v) is 9.23. The lowest BCUT2D eigenvalue weighted by molar-refractivity contribution is 0.0122. The predicted octanol–water partition coefficient (Wildman–Crippen LogP) is 6.25. The topological polar surface area (TPSA) is 77.7 Å². The van der Waals surface area contributed by atoms with Gasteiger partial charge in [-0.05, 0) is 50.3 Å². The highest BCUT2D eigenvalue weighted by Crippen LogP contribution is 2.47. The van der Waals surface area contributed by atoms with Crippen molar-refractivity contribution in [2.75, 3.05) is 18.6 Å². The van der Waals surface area contributed by atoms with Gasteiger partial charge in [-0.15, -0.1) is 0 Å². The number of thiazole rings is 1. The van der Waals surface area contributed by atoms with Crippen molar-refractivity contribution in [1.82, 2.24) is 10.1 Å². The number of anilines is 1. The zero-order chi connectivity index (χ0) is 26.0. The third-order valence-electron chi connectivity index (χ3n) is 8.19. The second-order valence-corrected chi connectivity index (χ2v) is 11.7. The number of aromatic nitrogens is 2. The van der Waals surface area contributed by atoms with Crippen molar-refractivity contribution in [3.8, 4) is 11.3 Å². The molecule has 1 saturated heterocycles. The Balaban J connectivity index is 1.08. The molecule has 2 aliphatic carbocycles. The minimum Gasteiger partial charge on any atom is -0.465 e. The molecule has 2 aromatic heterocycles. The lowest BCUT2D eigenvalue weighted by Crippen LogP contribution is -2.38. The van der Waals surface area contributed by atoms with E-state index in [4.69, 9.17) is 14.0 Å². The van der Waals surface area contributed by atoms with E-state index in [0.29, 0.717) is 34.7 Å². The summed E-state index contributed by atoms with van der Waals surface area (Å²) >= 11 is 1.42. The number of hydrogen-bond donors (Lipinski definition) is 0. The van der Waals surface area contributed by atoms with Crippen LogP contribution in [0.25, 0.3) is 21.5 Å². The van der Waals surface area contributed by atoms with Crippen molar-refractivity contribution in [3.05, 3.63) is 64.7 Å². The highest BCUT2D eigenvalue weighted by Gasteiger charge is 2.46. The van der Waals surface area contributed by atoms with Crippen LogP contribution in [0.4, 0.5) is 9.52 Å². The summed E-state index contributed by atoms with van der Waals surface area (Å²) in [6.07, 6.45) is 4.37. The monoisotopic (exact) mass is 533 g/mol.